The van der Waals surface area contributed by atoms with Crippen LogP contribution in [0.25, 0.3) is 0 Å². The maximum absolute atomic E-state index is 12.5. The Kier molecular flexibility index (Phi) is 7.26. The van der Waals surface area contributed by atoms with Crippen LogP contribution in [0.15, 0.2) is 84.8 Å². The second kappa shape index (κ2) is 10.8. The highest BCUT2D eigenvalue weighted by Gasteiger charge is 2.34. The van der Waals surface area contributed by atoms with E-state index in [1.54, 1.807) is 0 Å². The van der Waals surface area contributed by atoms with Crippen molar-refractivity contribution >= 4 is 5.69 Å². The molecule has 6 nitrogen and oxygen atoms in total. The first kappa shape index (κ1) is 25.6. The summed E-state index contributed by atoms with van der Waals surface area (Å²) in [6.45, 7) is 1.24. The number of fused-ring (bicyclic) bond motifs is 2. The van der Waals surface area contributed by atoms with Gasteiger partial charge in [-0.05, 0) is 78.1 Å². The number of nitrogens with zero attached hydrogens (tertiary/aromatic N) is 2. The van der Waals surface area contributed by atoms with Gasteiger partial charge in [0.25, 0.3) is 6.20 Å². The van der Waals surface area contributed by atoms with E-state index in [0.29, 0.717) is 24.6 Å². The van der Waals surface area contributed by atoms with Gasteiger partial charge < -0.3 is 15.0 Å². The van der Waals surface area contributed by atoms with Crippen LogP contribution in [0.3, 0.4) is 0 Å². The summed E-state index contributed by atoms with van der Waals surface area (Å²) in [7, 11) is 0. The van der Waals surface area contributed by atoms with Crippen LogP contribution in [0, 0.1) is 16.0 Å². The third-order valence-electron chi connectivity index (χ3n) is 7.30. The monoisotopic (exact) mass is 523 g/mol. The highest BCUT2D eigenvalue weighted by Crippen LogP contribution is 2.42. The maximum atomic E-state index is 12.5. The predicted molar refractivity (Wildman–Crippen MR) is 138 cm³/mol. The lowest BCUT2D eigenvalue weighted by Crippen LogP contribution is -2.40. The van der Waals surface area contributed by atoms with Gasteiger partial charge in [0.15, 0.2) is 5.82 Å². The van der Waals surface area contributed by atoms with E-state index < -0.39 is 11.3 Å². The fourth-order valence-electron chi connectivity index (χ4n) is 5.76. The van der Waals surface area contributed by atoms with E-state index in [9.17, 15) is 23.3 Å². The average molecular weight is 524 g/mol. The molecule has 1 N–H and O–H groups in total. The zero-order valence-electron chi connectivity index (χ0n) is 20.7. The van der Waals surface area contributed by atoms with Crippen molar-refractivity contribution in [3.63, 3.8) is 0 Å². The van der Waals surface area contributed by atoms with Gasteiger partial charge >= 0.3 is 6.36 Å². The molecule has 2 aliphatic rings. The molecule has 0 bridgehead atoms. The summed E-state index contributed by atoms with van der Waals surface area (Å²) in [5.74, 6) is 0.345. The van der Waals surface area contributed by atoms with E-state index in [4.69, 9.17) is 0 Å². The van der Waals surface area contributed by atoms with Crippen LogP contribution in [-0.2, 0) is 12.8 Å². The Morgan fingerprint density at radius 3 is 2.16 bits per heavy atom. The molecule has 9 heteroatoms. The lowest BCUT2D eigenvalue weighted by molar-refractivity contribution is -0.404. The van der Waals surface area contributed by atoms with Gasteiger partial charge in [0.2, 0.25) is 0 Å². The molecule has 1 atom stereocenters. The van der Waals surface area contributed by atoms with Crippen LogP contribution in [0.1, 0.15) is 41.0 Å². The van der Waals surface area contributed by atoms with Gasteiger partial charge in [-0.2, -0.15) is 0 Å². The summed E-state index contributed by atoms with van der Waals surface area (Å²) in [5.41, 5.74) is 5.74. The maximum Gasteiger partial charge on any atom is 0.573 e. The number of aryl methyl sites for hydroxylation is 2. The number of nitrogens with one attached hydrogen (secondary N) is 1. The second-order valence-electron chi connectivity index (χ2n) is 9.72. The third-order valence-corrected chi connectivity index (χ3v) is 7.30. The molecule has 1 aliphatic carbocycles. The van der Waals surface area contributed by atoms with Crippen LogP contribution in [0.2, 0.25) is 0 Å². The summed E-state index contributed by atoms with van der Waals surface area (Å²) in [4.78, 5) is 13.0. The number of halogens is 3. The van der Waals surface area contributed by atoms with Gasteiger partial charge in [0, 0.05) is 24.7 Å². The number of nitro groups is 1. The number of alkyl halides is 3. The molecule has 3 aromatic rings. The van der Waals surface area contributed by atoms with Crippen LogP contribution < -0.4 is 10.1 Å². The number of hydrogen-bond acceptors (Lipinski definition) is 5. The molecule has 0 saturated carbocycles. The van der Waals surface area contributed by atoms with Crippen molar-refractivity contribution in [3.05, 3.63) is 117 Å². The van der Waals surface area contributed by atoms with E-state index in [1.165, 1.54) is 46.5 Å². The molecule has 0 aromatic heterocycles. The summed E-state index contributed by atoms with van der Waals surface area (Å²) in [6.07, 6.45) is -0.0643. The smallest absolute Gasteiger partial charge is 0.406 e. The molecule has 198 valence electrons. The molecular formula is C29H28F3N3O3. The van der Waals surface area contributed by atoms with Crippen LogP contribution in [-0.4, -0.2) is 29.3 Å². The lowest BCUT2D eigenvalue weighted by atomic mass is 9.75. The van der Waals surface area contributed by atoms with Gasteiger partial charge in [-0.1, -0.05) is 48.5 Å². The minimum absolute atomic E-state index is 0.170. The molecule has 38 heavy (non-hydrogen) atoms. The normalized spacial score (nSPS) is 18.2. The van der Waals surface area contributed by atoms with Crippen LogP contribution in [0.4, 0.5) is 18.9 Å². The van der Waals surface area contributed by atoms with E-state index >= 15 is 0 Å². The van der Waals surface area contributed by atoms with Gasteiger partial charge in [0.1, 0.15) is 5.75 Å². The number of benzene rings is 3. The van der Waals surface area contributed by atoms with E-state index in [-0.39, 0.29) is 17.6 Å². The fourth-order valence-corrected chi connectivity index (χ4v) is 5.76. The van der Waals surface area contributed by atoms with Crippen LogP contribution >= 0.6 is 0 Å². The zero-order chi connectivity index (χ0) is 26.7. The molecule has 0 radical (unpaired) electrons. The molecule has 1 heterocycles. The zero-order valence-corrected chi connectivity index (χ0v) is 20.7. The standard InChI is InChI=1S/C29H28F3N3O3/c30-29(31,32)38-24-15-13-23(14-16-24)33-27(19-35(36)37)34-17-5-8-22(18-34)28-25-9-3-1-6-20(25)11-12-21-7-2-4-10-26(21)28/h1-4,6-7,9-10,13-16,19,22,28,33H,5,8,11-12,17-18H2. The van der Waals surface area contributed by atoms with Crippen molar-refractivity contribution in [2.45, 2.75) is 38.0 Å². The molecule has 1 unspecified atom stereocenters. The van der Waals surface area contributed by atoms with Gasteiger partial charge in [-0.15, -0.1) is 13.2 Å². The molecule has 0 spiro atoms. The molecule has 0 amide bonds. The van der Waals surface area contributed by atoms with Crippen molar-refractivity contribution in [1.82, 2.24) is 4.90 Å². The Bertz CT molecular complexity index is 1280. The number of hydrogen-bond donors (Lipinski definition) is 1. The Morgan fingerprint density at radius 2 is 1.58 bits per heavy atom. The molecule has 5 rings (SSSR count). The highest BCUT2D eigenvalue weighted by molar-refractivity contribution is 5.50. The number of anilines is 1. The molecule has 1 saturated heterocycles. The van der Waals surface area contributed by atoms with Gasteiger partial charge in [0.05, 0.1) is 4.92 Å². The number of ether oxygens (including phenoxy) is 1. The van der Waals surface area contributed by atoms with E-state index in [2.05, 4.69) is 58.6 Å². The van der Waals surface area contributed by atoms with E-state index in [1.807, 2.05) is 4.90 Å². The minimum Gasteiger partial charge on any atom is -0.406 e. The highest BCUT2D eigenvalue weighted by atomic mass is 19.4. The SMILES string of the molecule is O=[N+]([O-])C=C(Nc1ccc(OC(F)(F)F)cc1)N1CCCC(C2c3ccccc3CCc3ccccc32)C1. The first-order valence-corrected chi connectivity index (χ1v) is 12.7. The van der Waals surface area contributed by atoms with Crippen molar-refractivity contribution in [2.24, 2.45) is 5.92 Å². The lowest BCUT2D eigenvalue weighted by Gasteiger charge is -2.39. The number of rotatable bonds is 6. The molecule has 3 aromatic carbocycles. The Morgan fingerprint density at radius 1 is 0.974 bits per heavy atom. The minimum atomic E-state index is -4.79. The molecule has 1 aliphatic heterocycles. The van der Waals surface area contributed by atoms with Gasteiger partial charge in [-0.25, -0.2) is 0 Å². The third kappa shape index (κ3) is 5.93. The summed E-state index contributed by atoms with van der Waals surface area (Å²) in [6, 6.07) is 22.3. The Balaban J connectivity index is 1.41. The molecule has 1 fully saturated rings. The first-order chi connectivity index (χ1) is 18.3. The summed E-state index contributed by atoms with van der Waals surface area (Å²) in [5, 5.41) is 14.6. The number of likely N-dealkylation sites (tertiary alicyclic amines) is 1. The largest absolute Gasteiger partial charge is 0.573 e. The van der Waals surface area contributed by atoms with Gasteiger partial charge in [-0.3, -0.25) is 10.1 Å². The van der Waals surface area contributed by atoms with Crippen molar-refractivity contribution in [1.29, 1.82) is 0 Å². The summed E-state index contributed by atoms with van der Waals surface area (Å²) < 4.78 is 41.5. The Labute approximate surface area is 218 Å². The van der Waals surface area contributed by atoms with Crippen molar-refractivity contribution in [2.75, 3.05) is 18.4 Å². The van der Waals surface area contributed by atoms with Crippen molar-refractivity contribution < 1.29 is 22.8 Å². The number of piperidine rings is 1. The Hall–Kier alpha value is -4.01. The fraction of sp³-hybridized carbons (Fsp3) is 0.310. The quantitative estimate of drug-likeness (QED) is 0.287. The predicted octanol–water partition coefficient (Wildman–Crippen LogP) is 6.72. The topological polar surface area (TPSA) is 67.6 Å². The van der Waals surface area contributed by atoms with Crippen molar-refractivity contribution in [3.8, 4) is 5.75 Å². The average Bonchev–Trinajstić information content (AvgIpc) is 3.05. The molecular weight excluding hydrogens is 495 g/mol. The summed E-state index contributed by atoms with van der Waals surface area (Å²) >= 11 is 0. The van der Waals surface area contributed by atoms with E-state index in [0.717, 1.165) is 31.9 Å². The van der Waals surface area contributed by atoms with Crippen LogP contribution in [0.5, 0.6) is 5.75 Å². The second-order valence-corrected chi connectivity index (χ2v) is 9.72. The first-order valence-electron chi connectivity index (χ1n) is 12.7.